The van der Waals surface area contributed by atoms with Gasteiger partial charge in [0.25, 0.3) is 0 Å². The summed E-state index contributed by atoms with van der Waals surface area (Å²) in [6, 6.07) is 8.63. The van der Waals surface area contributed by atoms with Crippen molar-refractivity contribution in [2.45, 2.75) is 45.1 Å². The van der Waals surface area contributed by atoms with E-state index >= 15 is 0 Å². The molecule has 1 fully saturated rings. The first kappa shape index (κ1) is 15.0. The fraction of sp³-hybridized carbons (Fsp3) is 0.588. The van der Waals surface area contributed by atoms with Gasteiger partial charge >= 0.3 is 0 Å². The lowest BCUT2D eigenvalue weighted by molar-refractivity contribution is -0.137. The van der Waals surface area contributed by atoms with Crippen molar-refractivity contribution in [3.63, 3.8) is 0 Å². The van der Waals surface area contributed by atoms with E-state index in [2.05, 4.69) is 24.4 Å². The summed E-state index contributed by atoms with van der Waals surface area (Å²) in [6.45, 7) is 7.87. The highest BCUT2D eigenvalue weighted by atomic mass is 16.2. The smallest absolute Gasteiger partial charge is 0.232 e. The lowest BCUT2D eigenvalue weighted by Crippen LogP contribution is -2.52. The molecule has 1 aliphatic heterocycles. The van der Waals surface area contributed by atoms with E-state index in [1.165, 1.54) is 5.56 Å². The van der Waals surface area contributed by atoms with Crippen LogP contribution in [-0.2, 0) is 10.2 Å². The molecule has 0 saturated carbocycles. The first-order valence-corrected chi connectivity index (χ1v) is 7.49. The summed E-state index contributed by atoms with van der Waals surface area (Å²) < 4.78 is 0. The Balaban J connectivity index is 2.21. The van der Waals surface area contributed by atoms with Crippen LogP contribution in [0.25, 0.3) is 0 Å². The van der Waals surface area contributed by atoms with Crippen LogP contribution in [0.5, 0.6) is 0 Å². The van der Waals surface area contributed by atoms with Crippen molar-refractivity contribution >= 4 is 5.91 Å². The molecular weight excluding hydrogens is 248 g/mol. The van der Waals surface area contributed by atoms with Crippen molar-refractivity contribution in [1.82, 2.24) is 10.2 Å². The second-order valence-corrected chi connectivity index (χ2v) is 6.32. The summed E-state index contributed by atoms with van der Waals surface area (Å²) >= 11 is 0. The molecule has 110 valence electrons. The molecule has 1 heterocycles. The number of carbonyl (C=O) groups excluding carboxylic acids is 1. The summed E-state index contributed by atoms with van der Waals surface area (Å²) in [5.41, 5.74) is 1.87. The van der Waals surface area contributed by atoms with Gasteiger partial charge in [0.05, 0.1) is 5.41 Å². The third kappa shape index (κ3) is 2.88. The Morgan fingerprint density at radius 3 is 2.70 bits per heavy atom. The molecule has 0 spiro atoms. The molecule has 2 rings (SSSR count). The predicted molar refractivity (Wildman–Crippen MR) is 82.9 cm³/mol. The number of carbonyl (C=O) groups is 1. The lowest BCUT2D eigenvalue weighted by Gasteiger charge is -2.38. The van der Waals surface area contributed by atoms with Crippen LogP contribution in [-0.4, -0.2) is 37.0 Å². The van der Waals surface area contributed by atoms with E-state index in [9.17, 15) is 4.79 Å². The monoisotopic (exact) mass is 274 g/mol. The Kier molecular flexibility index (Phi) is 4.48. The minimum absolute atomic E-state index is 0.242. The standard InChI is InChI=1S/C17H26N2O/c1-13-8-5-6-10-15(13)17(2,3)16(20)19-11-7-9-14(12-19)18-4/h5-6,8,10,14,18H,7,9,11-12H2,1-4H3/t14-/m0/s1. The molecule has 1 saturated heterocycles. The average molecular weight is 274 g/mol. The molecule has 3 heteroatoms. The second-order valence-electron chi connectivity index (χ2n) is 6.32. The molecule has 0 aliphatic carbocycles. The number of likely N-dealkylation sites (tertiary alicyclic amines) is 1. The van der Waals surface area contributed by atoms with Gasteiger partial charge in [-0.25, -0.2) is 0 Å². The van der Waals surface area contributed by atoms with E-state index < -0.39 is 5.41 Å². The topological polar surface area (TPSA) is 32.3 Å². The largest absolute Gasteiger partial charge is 0.340 e. The summed E-state index contributed by atoms with van der Waals surface area (Å²) in [7, 11) is 1.98. The van der Waals surface area contributed by atoms with Crippen LogP contribution in [0.2, 0.25) is 0 Å². The Morgan fingerprint density at radius 1 is 1.35 bits per heavy atom. The molecule has 1 aromatic rings. The van der Waals surface area contributed by atoms with Crippen molar-refractivity contribution in [3.05, 3.63) is 35.4 Å². The van der Waals surface area contributed by atoms with Crippen molar-refractivity contribution in [3.8, 4) is 0 Å². The van der Waals surface area contributed by atoms with Crippen molar-refractivity contribution < 1.29 is 4.79 Å². The van der Waals surface area contributed by atoms with Crippen LogP contribution in [0.1, 0.15) is 37.8 Å². The van der Waals surface area contributed by atoms with E-state index in [-0.39, 0.29) is 5.91 Å². The van der Waals surface area contributed by atoms with Crippen molar-refractivity contribution in [2.75, 3.05) is 20.1 Å². The summed E-state index contributed by atoms with van der Waals surface area (Å²) in [4.78, 5) is 15.0. The second kappa shape index (κ2) is 5.96. The van der Waals surface area contributed by atoms with Gasteiger partial charge in [0.2, 0.25) is 5.91 Å². The molecule has 3 nitrogen and oxygen atoms in total. The van der Waals surface area contributed by atoms with Crippen LogP contribution >= 0.6 is 0 Å². The maximum atomic E-state index is 12.9. The third-order valence-corrected chi connectivity index (χ3v) is 4.47. The molecule has 0 aromatic heterocycles. The number of benzene rings is 1. The van der Waals surface area contributed by atoms with Gasteiger partial charge in [0.1, 0.15) is 0 Å². The molecule has 20 heavy (non-hydrogen) atoms. The van der Waals surface area contributed by atoms with E-state index in [1.54, 1.807) is 0 Å². The highest BCUT2D eigenvalue weighted by Crippen LogP contribution is 2.29. The first-order valence-electron chi connectivity index (χ1n) is 7.49. The molecule has 0 bridgehead atoms. The van der Waals surface area contributed by atoms with Gasteiger partial charge in [0.15, 0.2) is 0 Å². The number of rotatable bonds is 3. The Hall–Kier alpha value is -1.35. The number of nitrogens with one attached hydrogen (secondary N) is 1. The number of likely N-dealkylation sites (N-methyl/N-ethyl adjacent to an activating group) is 1. The van der Waals surface area contributed by atoms with Gasteiger partial charge in [-0.15, -0.1) is 0 Å². The Labute approximate surface area is 122 Å². The van der Waals surface area contributed by atoms with Gasteiger partial charge in [-0.05, 0) is 51.8 Å². The van der Waals surface area contributed by atoms with Crippen LogP contribution < -0.4 is 5.32 Å². The molecular formula is C17H26N2O. The van der Waals surface area contributed by atoms with Crippen LogP contribution in [0, 0.1) is 6.92 Å². The lowest BCUT2D eigenvalue weighted by atomic mass is 9.80. The number of nitrogens with zero attached hydrogens (tertiary/aromatic N) is 1. The zero-order chi connectivity index (χ0) is 14.8. The number of amides is 1. The van der Waals surface area contributed by atoms with Crippen molar-refractivity contribution in [1.29, 1.82) is 0 Å². The minimum Gasteiger partial charge on any atom is -0.340 e. The van der Waals surface area contributed by atoms with E-state index in [1.807, 2.05) is 37.9 Å². The number of aryl methyl sites for hydroxylation is 1. The highest BCUT2D eigenvalue weighted by molar-refractivity contribution is 5.88. The normalized spacial score (nSPS) is 20.0. The molecule has 1 atom stereocenters. The number of piperidine rings is 1. The third-order valence-electron chi connectivity index (χ3n) is 4.47. The molecule has 1 amide bonds. The Morgan fingerprint density at radius 2 is 2.05 bits per heavy atom. The fourth-order valence-electron chi connectivity index (χ4n) is 3.18. The summed E-state index contributed by atoms with van der Waals surface area (Å²) in [5.74, 6) is 0.242. The minimum atomic E-state index is -0.457. The fourth-order valence-corrected chi connectivity index (χ4v) is 3.18. The maximum absolute atomic E-state index is 12.9. The van der Waals surface area contributed by atoms with Crippen LogP contribution in [0.4, 0.5) is 0 Å². The quantitative estimate of drug-likeness (QED) is 0.918. The summed E-state index contributed by atoms with van der Waals surface area (Å²) in [6.07, 6.45) is 2.24. The van der Waals surface area contributed by atoms with Crippen LogP contribution in [0.15, 0.2) is 24.3 Å². The van der Waals surface area contributed by atoms with Gasteiger partial charge in [-0.3, -0.25) is 4.79 Å². The van der Waals surface area contributed by atoms with Gasteiger partial charge in [-0.1, -0.05) is 24.3 Å². The summed E-state index contributed by atoms with van der Waals surface area (Å²) in [5, 5.41) is 3.30. The maximum Gasteiger partial charge on any atom is 0.232 e. The highest BCUT2D eigenvalue weighted by Gasteiger charge is 2.36. The zero-order valence-electron chi connectivity index (χ0n) is 13.1. The SMILES string of the molecule is CN[C@H]1CCCN(C(=O)C(C)(C)c2ccccc2C)C1. The first-order chi connectivity index (χ1) is 9.46. The molecule has 0 radical (unpaired) electrons. The molecule has 1 aliphatic rings. The van der Waals surface area contributed by atoms with Crippen LogP contribution in [0.3, 0.4) is 0 Å². The molecule has 1 N–H and O–H groups in total. The Bertz CT molecular complexity index is 482. The van der Waals surface area contributed by atoms with Gasteiger partial charge in [-0.2, -0.15) is 0 Å². The van der Waals surface area contributed by atoms with E-state index in [4.69, 9.17) is 0 Å². The number of hydrogen-bond donors (Lipinski definition) is 1. The van der Waals surface area contributed by atoms with E-state index in [0.717, 1.165) is 31.5 Å². The van der Waals surface area contributed by atoms with Crippen molar-refractivity contribution in [2.24, 2.45) is 0 Å². The zero-order valence-corrected chi connectivity index (χ0v) is 13.1. The van der Waals surface area contributed by atoms with E-state index in [0.29, 0.717) is 6.04 Å². The number of hydrogen-bond acceptors (Lipinski definition) is 2. The molecule has 0 unspecified atom stereocenters. The average Bonchev–Trinajstić information content (AvgIpc) is 2.46. The van der Waals surface area contributed by atoms with Gasteiger partial charge < -0.3 is 10.2 Å². The van der Waals surface area contributed by atoms with Gasteiger partial charge in [0, 0.05) is 19.1 Å². The predicted octanol–water partition coefficient (Wildman–Crippen LogP) is 2.48. The molecule has 1 aromatic carbocycles.